The number of phenolic OH excluding ortho intramolecular Hbond substituents is 1. The first-order valence-electron chi connectivity index (χ1n) is 4.16. The second kappa shape index (κ2) is 3.44. The predicted octanol–water partition coefficient (Wildman–Crippen LogP) is 1.17. The minimum Gasteiger partial charge on any atom is -0.507 e. The molecule has 0 fully saturated rings. The van der Waals surface area contributed by atoms with Gasteiger partial charge in [-0.2, -0.15) is 0 Å². The van der Waals surface area contributed by atoms with Crippen molar-refractivity contribution in [2.75, 3.05) is 0 Å². The van der Waals surface area contributed by atoms with Gasteiger partial charge >= 0.3 is 0 Å². The first-order chi connectivity index (χ1) is 5.69. The van der Waals surface area contributed by atoms with E-state index >= 15 is 0 Å². The monoisotopic (exact) mass is 162 g/mol. The van der Waals surface area contributed by atoms with Crippen molar-refractivity contribution < 1.29 is 5.11 Å². The number of aromatic hydroxyl groups is 1. The summed E-state index contributed by atoms with van der Waals surface area (Å²) in [6.07, 6.45) is 2.97. The van der Waals surface area contributed by atoms with Gasteiger partial charge in [0.05, 0.1) is 0 Å². The quantitative estimate of drug-likeness (QED) is 0.657. The van der Waals surface area contributed by atoms with Gasteiger partial charge in [-0.15, -0.1) is 0 Å². The van der Waals surface area contributed by atoms with Gasteiger partial charge in [0, 0.05) is 5.22 Å². The van der Waals surface area contributed by atoms with Crippen molar-refractivity contribution in [1.82, 2.24) is 0 Å². The number of phenols is 1. The van der Waals surface area contributed by atoms with Crippen LogP contribution in [-0.4, -0.2) is 5.11 Å². The van der Waals surface area contributed by atoms with Crippen molar-refractivity contribution >= 4 is 12.7 Å². The van der Waals surface area contributed by atoms with E-state index in [9.17, 15) is 5.11 Å². The lowest BCUT2D eigenvalue weighted by Crippen LogP contribution is -2.13. The van der Waals surface area contributed by atoms with Crippen LogP contribution >= 0.6 is 0 Å². The third kappa shape index (κ3) is 1.50. The number of benzene rings is 1. The molecule has 0 atom stereocenters. The van der Waals surface area contributed by atoms with Crippen molar-refractivity contribution in [3.63, 3.8) is 0 Å². The Morgan fingerprint density at radius 2 is 2.17 bits per heavy atom. The Morgan fingerprint density at radius 1 is 1.50 bits per heavy atom. The Balaban J connectivity index is 3.51. The molecule has 0 saturated heterocycles. The van der Waals surface area contributed by atoms with Crippen LogP contribution in [0.15, 0.2) is 12.1 Å². The van der Waals surface area contributed by atoms with Gasteiger partial charge in [-0.1, -0.05) is 19.6 Å². The molecule has 1 aromatic carbocycles. The fourth-order valence-corrected chi connectivity index (χ4v) is 1.28. The maximum Gasteiger partial charge on any atom is 0.122 e. The topological polar surface area (TPSA) is 20.2 Å². The molecule has 0 spiro atoms. The standard InChI is InChI=1S/C11H14O/c1-4-9-6-8(3)11(12)7-10(9)5-2/h5-7,12H,3-4H2,1-2H3/b10-5-. The lowest BCUT2D eigenvalue weighted by Gasteiger charge is -1.99. The summed E-state index contributed by atoms with van der Waals surface area (Å²) in [5, 5.41) is 11.2. The second-order valence-corrected chi connectivity index (χ2v) is 2.82. The molecule has 0 saturated carbocycles. The summed E-state index contributed by atoms with van der Waals surface area (Å²) in [5.74, 6) is 0.278. The smallest absolute Gasteiger partial charge is 0.122 e. The predicted molar refractivity (Wildman–Crippen MR) is 52.4 cm³/mol. The zero-order valence-corrected chi connectivity index (χ0v) is 7.59. The molecule has 0 amide bonds. The van der Waals surface area contributed by atoms with Gasteiger partial charge in [0.25, 0.3) is 0 Å². The molecule has 0 bridgehead atoms. The number of hydrogen-bond donors (Lipinski definition) is 1. The first kappa shape index (κ1) is 8.85. The average molecular weight is 162 g/mol. The summed E-state index contributed by atoms with van der Waals surface area (Å²) < 4.78 is 0. The second-order valence-electron chi connectivity index (χ2n) is 2.82. The third-order valence-corrected chi connectivity index (χ3v) is 2.03. The highest BCUT2D eigenvalue weighted by Gasteiger charge is 1.95. The Bertz CT molecular complexity index is 377. The number of rotatable bonds is 1. The van der Waals surface area contributed by atoms with E-state index < -0.39 is 0 Å². The van der Waals surface area contributed by atoms with Crippen LogP contribution in [0.3, 0.4) is 0 Å². The van der Waals surface area contributed by atoms with E-state index in [2.05, 4.69) is 13.5 Å². The van der Waals surface area contributed by atoms with Crippen molar-refractivity contribution in [3.8, 4) is 5.75 Å². The molecule has 1 aromatic rings. The van der Waals surface area contributed by atoms with Crippen molar-refractivity contribution in [2.45, 2.75) is 20.3 Å². The van der Waals surface area contributed by atoms with Crippen LogP contribution in [0.25, 0.3) is 12.7 Å². The summed E-state index contributed by atoms with van der Waals surface area (Å²) in [6, 6.07) is 3.70. The molecule has 1 nitrogen and oxygen atoms in total. The van der Waals surface area contributed by atoms with Crippen LogP contribution in [0, 0.1) is 0 Å². The Hall–Kier alpha value is -1.24. The van der Waals surface area contributed by atoms with E-state index in [0.29, 0.717) is 5.22 Å². The van der Waals surface area contributed by atoms with Crippen LogP contribution < -0.4 is 10.4 Å². The fraction of sp³-hybridized carbons (Fsp3) is 0.273. The summed E-state index contributed by atoms with van der Waals surface area (Å²) >= 11 is 0. The van der Waals surface area contributed by atoms with Crippen LogP contribution in [0.4, 0.5) is 0 Å². The highest BCUT2D eigenvalue weighted by molar-refractivity contribution is 5.36. The SMILES string of the molecule is C=c1cc(CC)/c(=C\C)cc1O. The van der Waals surface area contributed by atoms with Crippen molar-refractivity contribution in [3.05, 3.63) is 28.1 Å². The molecule has 1 N–H and O–H groups in total. The van der Waals surface area contributed by atoms with Gasteiger partial charge in [0.1, 0.15) is 5.75 Å². The van der Waals surface area contributed by atoms with E-state index in [1.54, 1.807) is 6.07 Å². The maximum atomic E-state index is 9.37. The molecule has 0 aliphatic heterocycles. The molecule has 12 heavy (non-hydrogen) atoms. The van der Waals surface area contributed by atoms with E-state index in [1.807, 2.05) is 19.1 Å². The molecule has 0 aromatic heterocycles. The van der Waals surface area contributed by atoms with Gasteiger partial charge in [0.15, 0.2) is 0 Å². The van der Waals surface area contributed by atoms with E-state index in [-0.39, 0.29) is 5.75 Å². The first-order valence-corrected chi connectivity index (χ1v) is 4.16. The lowest BCUT2D eigenvalue weighted by atomic mass is 10.1. The average Bonchev–Trinajstić information content (AvgIpc) is 2.09. The minimum absolute atomic E-state index is 0.278. The van der Waals surface area contributed by atoms with Crippen LogP contribution in [-0.2, 0) is 6.42 Å². The molecule has 0 unspecified atom stereocenters. The highest BCUT2D eigenvalue weighted by Crippen LogP contribution is 1.97. The molecule has 1 rings (SSSR count). The van der Waals surface area contributed by atoms with Crippen molar-refractivity contribution in [2.24, 2.45) is 0 Å². The molecule has 64 valence electrons. The fourth-order valence-electron chi connectivity index (χ4n) is 1.28. The Kier molecular flexibility index (Phi) is 2.54. The van der Waals surface area contributed by atoms with Crippen LogP contribution in [0.2, 0.25) is 0 Å². The van der Waals surface area contributed by atoms with Gasteiger partial charge in [0.2, 0.25) is 0 Å². The summed E-state index contributed by atoms with van der Waals surface area (Å²) in [7, 11) is 0. The maximum absolute atomic E-state index is 9.37. The zero-order valence-electron chi connectivity index (χ0n) is 7.59. The highest BCUT2D eigenvalue weighted by atomic mass is 16.3. The van der Waals surface area contributed by atoms with Gasteiger partial charge < -0.3 is 5.11 Å². The van der Waals surface area contributed by atoms with Gasteiger partial charge in [-0.25, -0.2) is 0 Å². The molecular weight excluding hydrogens is 148 g/mol. The van der Waals surface area contributed by atoms with Gasteiger partial charge in [-0.05, 0) is 36.3 Å². The molecule has 0 radical (unpaired) electrons. The van der Waals surface area contributed by atoms with E-state index in [0.717, 1.165) is 11.6 Å². The van der Waals surface area contributed by atoms with E-state index in [1.165, 1.54) is 5.56 Å². The van der Waals surface area contributed by atoms with Crippen LogP contribution in [0.1, 0.15) is 19.4 Å². The Labute approximate surface area is 72.7 Å². The summed E-state index contributed by atoms with van der Waals surface area (Å²) in [4.78, 5) is 0. The molecule has 0 aliphatic carbocycles. The minimum atomic E-state index is 0.278. The van der Waals surface area contributed by atoms with Crippen molar-refractivity contribution in [1.29, 1.82) is 0 Å². The van der Waals surface area contributed by atoms with E-state index in [4.69, 9.17) is 0 Å². The van der Waals surface area contributed by atoms with Crippen LogP contribution in [0.5, 0.6) is 5.75 Å². The van der Waals surface area contributed by atoms with Gasteiger partial charge in [-0.3, -0.25) is 0 Å². The Morgan fingerprint density at radius 3 is 2.67 bits per heavy atom. The summed E-state index contributed by atoms with van der Waals surface area (Å²) in [6.45, 7) is 7.81. The largest absolute Gasteiger partial charge is 0.507 e. The normalized spacial score (nSPS) is 12.0. The molecule has 0 heterocycles. The lowest BCUT2D eigenvalue weighted by molar-refractivity contribution is 0.470. The number of aryl methyl sites for hydroxylation is 1. The molecular formula is C11H14O. The number of hydrogen-bond acceptors (Lipinski definition) is 1. The summed E-state index contributed by atoms with van der Waals surface area (Å²) in [5.41, 5.74) is 1.24. The molecule has 0 aliphatic rings. The third-order valence-electron chi connectivity index (χ3n) is 2.03. The molecule has 1 heteroatoms. The zero-order chi connectivity index (χ0) is 9.14.